The molecule has 0 spiro atoms. The SMILES string of the molecule is CCCCCC(NC(C)C(=O)NC(C)C)c1ccccc1. The molecule has 2 unspecified atom stereocenters. The number of carbonyl (C=O) groups is 1. The van der Waals surface area contributed by atoms with Gasteiger partial charge < -0.3 is 5.32 Å². The van der Waals surface area contributed by atoms with Crippen LogP contribution in [0.3, 0.4) is 0 Å². The van der Waals surface area contributed by atoms with E-state index in [4.69, 9.17) is 0 Å². The fourth-order valence-electron chi connectivity index (χ4n) is 2.42. The molecule has 0 saturated carbocycles. The Morgan fingerprint density at radius 3 is 2.33 bits per heavy atom. The number of carbonyl (C=O) groups excluding carboxylic acids is 1. The summed E-state index contributed by atoms with van der Waals surface area (Å²) < 4.78 is 0. The van der Waals surface area contributed by atoms with Crippen LogP contribution in [0.2, 0.25) is 0 Å². The molecule has 0 aromatic heterocycles. The molecular weight excluding hydrogens is 260 g/mol. The van der Waals surface area contributed by atoms with Gasteiger partial charge in [-0.1, -0.05) is 56.5 Å². The van der Waals surface area contributed by atoms with Gasteiger partial charge in [0.1, 0.15) is 0 Å². The van der Waals surface area contributed by atoms with Gasteiger partial charge >= 0.3 is 0 Å². The van der Waals surface area contributed by atoms with E-state index in [1.165, 1.54) is 24.8 Å². The summed E-state index contributed by atoms with van der Waals surface area (Å²) in [6, 6.07) is 10.7. The standard InChI is InChI=1S/C18H30N2O/c1-5-6-8-13-17(16-11-9-7-10-12-16)20-15(4)18(21)19-14(2)3/h7,9-12,14-15,17,20H,5-6,8,13H2,1-4H3,(H,19,21). The van der Waals surface area contributed by atoms with E-state index >= 15 is 0 Å². The molecule has 3 nitrogen and oxygen atoms in total. The van der Waals surface area contributed by atoms with Crippen LogP contribution in [0.4, 0.5) is 0 Å². The third-order valence-corrected chi connectivity index (χ3v) is 3.57. The maximum absolute atomic E-state index is 12.1. The lowest BCUT2D eigenvalue weighted by Crippen LogP contribution is -2.45. The predicted octanol–water partition coefficient (Wildman–Crippen LogP) is 3.81. The maximum atomic E-state index is 12.1. The van der Waals surface area contributed by atoms with Gasteiger partial charge in [0, 0.05) is 12.1 Å². The minimum atomic E-state index is -0.181. The first kappa shape index (κ1) is 17.7. The molecule has 0 aliphatic rings. The molecule has 0 aliphatic heterocycles. The molecule has 0 heterocycles. The van der Waals surface area contributed by atoms with E-state index in [0.717, 1.165) is 6.42 Å². The largest absolute Gasteiger partial charge is 0.353 e. The van der Waals surface area contributed by atoms with Crippen molar-refractivity contribution in [3.63, 3.8) is 0 Å². The van der Waals surface area contributed by atoms with E-state index in [0.29, 0.717) is 0 Å². The highest BCUT2D eigenvalue weighted by Crippen LogP contribution is 2.20. The van der Waals surface area contributed by atoms with Gasteiger partial charge in [-0.15, -0.1) is 0 Å². The summed E-state index contributed by atoms with van der Waals surface area (Å²) in [6.07, 6.45) is 4.70. The van der Waals surface area contributed by atoms with Crippen LogP contribution in [0.5, 0.6) is 0 Å². The summed E-state index contributed by atoms with van der Waals surface area (Å²) in [7, 11) is 0. The highest BCUT2D eigenvalue weighted by Gasteiger charge is 2.19. The number of rotatable bonds is 9. The van der Waals surface area contributed by atoms with Crippen molar-refractivity contribution in [2.24, 2.45) is 0 Å². The fraction of sp³-hybridized carbons (Fsp3) is 0.611. The molecule has 2 N–H and O–H groups in total. The number of unbranched alkanes of at least 4 members (excludes halogenated alkanes) is 2. The summed E-state index contributed by atoms with van der Waals surface area (Å²) in [4.78, 5) is 12.1. The molecule has 0 bridgehead atoms. The molecule has 21 heavy (non-hydrogen) atoms. The van der Waals surface area contributed by atoms with E-state index in [9.17, 15) is 4.79 Å². The molecule has 0 saturated heterocycles. The Morgan fingerprint density at radius 1 is 1.10 bits per heavy atom. The molecular formula is C18H30N2O. The smallest absolute Gasteiger partial charge is 0.237 e. The van der Waals surface area contributed by atoms with Crippen molar-refractivity contribution in [2.45, 2.75) is 71.5 Å². The molecule has 118 valence electrons. The topological polar surface area (TPSA) is 41.1 Å². The van der Waals surface area contributed by atoms with Crippen molar-refractivity contribution in [3.8, 4) is 0 Å². The van der Waals surface area contributed by atoms with Crippen molar-refractivity contribution < 1.29 is 4.79 Å². The molecule has 0 fully saturated rings. The first-order chi connectivity index (χ1) is 10.0. The van der Waals surface area contributed by atoms with Gasteiger partial charge in [-0.25, -0.2) is 0 Å². The number of hydrogen-bond donors (Lipinski definition) is 2. The zero-order chi connectivity index (χ0) is 15.7. The number of hydrogen-bond acceptors (Lipinski definition) is 2. The van der Waals surface area contributed by atoms with Crippen LogP contribution in [0.15, 0.2) is 30.3 Å². The maximum Gasteiger partial charge on any atom is 0.237 e. The Morgan fingerprint density at radius 2 is 1.76 bits per heavy atom. The molecule has 1 amide bonds. The van der Waals surface area contributed by atoms with Gasteiger partial charge in [-0.3, -0.25) is 10.1 Å². The summed E-state index contributed by atoms with van der Waals surface area (Å²) in [5, 5.41) is 6.45. The Bertz CT molecular complexity index is 403. The van der Waals surface area contributed by atoms with Crippen molar-refractivity contribution in [3.05, 3.63) is 35.9 Å². The van der Waals surface area contributed by atoms with E-state index in [1.807, 2.05) is 26.8 Å². The lowest BCUT2D eigenvalue weighted by Gasteiger charge is -2.24. The Labute approximate surface area is 129 Å². The van der Waals surface area contributed by atoms with Gasteiger partial charge in [0.05, 0.1) is 6.04 Å². The quantitative estimate of drug-likeness (QED) is 0.679. The first-order valence-electron chi connectivity index (χ1n) is 8.16. The van der Waals surface area contributed by atoms with Crippen LogP contribution in [0.25, 0.3) is 0 Å². The molecule has 0 radical (unpaired) electrons. The van der Waals surface area contributed by atoms with Crippen molar-refractivity contribution in [2.75, 3.05) is 0 Å². The number of benzene rings is 1. The Hall–Kier alpha value is -1.35. The van der Waals surface area contributed by atoms with E-state index < -0.39 is 0 Å². The highest BCUT2D eigenvalue weighted by molar-refractivity contribution is 5.81. The Kier molecular flexibility index (Phi) is 8.06. The number of nitrogens with one attached hydrogen (secondary N) is 2. The summed E-state index contributed by atoms with van der Waals surface area (Å²) >= 11 is 0. The van der Waals surface area contributed by atoms with Gasteiger partial charge in [-0.2, -0.15) is 0 Å². The van der Waals surface area contributed by atoms with Crippen LogP contribution >= 0.6 is 0 Å². The lowest BCUT2D eigenvalue weighted by molar-refractivity contribution is -0.123. The van der Waals surface area contributed by atoms with Crippen LogP contribution in [-0.4, -0.2) is 18.0 Å². The van der Waals surface area contributed by atoms with Gasteiger partial charge in [-0.05, 0) is 32.8 Å². The first-order valence-corrected chi connectivity index (χ1v) is 8.16. The van der Waals surface area contributed by atoms with E-state index in [-0.39, 0.29) is 24.0 Å². The third-order valence-electron chi connectivity index (χ3n) is 3.57. The highest BCUT2D eigenvalue weighted by atomic mass is 16.2. The van der Waals surface area contributed by atoms with Crippen molar-refractivity contribution in [1.29, 1.82) is 0 Å². The fourth-order valence-corrected chi connectivity index (χ4v) is 2.42. The molecule has 3 heteroatoms. The second-order valence-electron chi connectivity index (χ2n) is 6.01. The zero-order valence-corrected chi connectivity index (χ0v) is 13.9. The second kappa shape index (κ2) is 9.56. The summed E-state index contributed by atoms with van der Waals surface area (Å²) in [5.74, 6) is 0.0708. The average molecular weight is 290 g/mol. The monoisotopic (exact) mass is 290 g/mol. The van der Waals surface area contributed by atoms with Crippen molar-refractivity contribution >= 4 is 5.91 Å². The third kappa shape index (κ3) is 6.76. The predicted molar refractivity (Wildman–Crippen MR) is 89.2 cm³/mol. The van der Waals surface area contributed by atoms with Crippen LogP contribution < -0.4 is 10.6 Å². The van der Waals surface area contributed by atoms with Crippen LogP contribution in [-0.2, 0) is 4.79 Å². The molecule has 1 rings (SSSR count). The summed E-state index contributed by atoms with van der Waals surface area (Å²) in [6.45, 7) is 8.12. The average Bonchev–Trinajstić information content (AvgIpc) is 2.46. The van der Waals surface area contributed by atoms with Gasteiger partial charge in [0.25, 0.3) is 0 Å². The molecule has 1 aromatic carbocycles. The molecule has 2 atom stereocenters. The normalized spacial score (nSPS) is 14.0. The van der Waals surface area contributed by atoms with Crippen LogP contribution in [0, 0.1) is 0 Å². The van der Waals surface area contributed by atoms with E-state index in [2.05, 4.69) is 41.8 Å². The van der Waals surface area contributed by atoms with E-state index in [1.54, 1.807) is 0 Å². The number of amides is 1. The summed E-state index contributed by atoms with van der Waals surface area (Å²) in [5.41, 5.74) is 1.26. The molecule has 1 aromatic rings. The Balaban J connectivity index is 2.66. The van der Waals surface area contributed by atoms with Crippen LogP contribution in [0.1, 0.15) is 65.0 Å². The minimum Gasteiger partial charge on any atom is -0.353 e. The second-order valence-corrected chi connectivity index (χ2v) is 6.01. The molecule has 0 aliphatic carbocycles. The zero-order valence-electron chi connectivity index (χ0n) is 13.9. The lowest BCUT2D eigenvalue weighted by atomic mass is 9.99. The minimum absolute atomic E-state index is 0.0708. The van der Waals surface area contributed by atoms with Gasteiger partial charge in [0.15, 0.2) is 0 Å². The van der Waals surface area contributed by atoms with Gasteiger partial charge in [0.2, 0.25) is 5.91 Å². The van der Waals surface area contributed by atoms with Crippen molar-refractivity contribution in [1.82, 2.24) is 10.6 Å².